The van der Waals surface area contributed by atoms with Gasteiger partial charge in [0, 0.05) is 17.8 Å². The van der Waals surface area contributed by atoms with Crippen LogP contribution < -0.4 is 5.01 Å². The van der Waals surface area contributed by atoms with Gasteiger partial charge in [0.2, 0.25) is 0 Å². The molecule has 1 aliphatic rings. The van der Waals surface area contributed by atoms with Gasteiger partial charge in [-0.05, 0) is 37.1 Å². The highest BCUT2D eigenvalue weighted by Crippen LogP contribution is 2.19. The van der Waals surface area contributed by atoms with E-state index >= 15 is 0 Å². The predicted octanol–water partition coefficient (Wildman–Crippen LogP) is 2.93. The summed E-state index contributed by atoms with van der Waals surface area (Å²) < 4.78 is 0. The SMILES string of the molecule is Clc1ccc(N2CCCC=N2)cc1. The lowest BCUT2D eigenvalue weighted by molar-refractivity contribution is 0.751. The highest BCUT2D eigenvalue weighted by atomic mass is 35.5. The summed E-state index contributed by atoms with van der Waals surface area (Å²) in [6, 6.07) is 7.76. The van der Waals surface area contributed by atoms with E-state index in [4.69, 9.17) is 11.6 Å². The Balaban J connectivity index is 2.19. The Hall–Kier alpha value is -1.02. The highest BCUT2D eigenvalue weighted by molar-refractivity contribution is 6.30. The van der Waals surface area contributed by atoms with Crippen LogP contribution >= 0.6 is 11.6 Å². The minimum absolute atomic E-state index is 0.768. The zero-order valence-corrected chi connectivity index (χ0v) is 8.04. The number of hydrazone groups is 1. The van der Waals surface area contributed by atoms with E-state index in [9.17, 15) is 0 Å². The van der Waals surface area contributed by atoms with Gasteiger partial charge in [0.25, 0.3) is 0 Å². The molecule has 3 heteroatoms. The van der Waals surface area contributed by atoms with Crippen LogP contribution in [0.25, 0.3) is 0 Å². The Bertz CT molecular complexity index is 305. The minimum Gasteiger partial charge on any atom is -0.266 e. The molecule has 0 unspecified atom stereocenters. The van der Waals surface area contributed by atoms with Crippen LogP contribution in [0.2, 0.25) is 5.02 Å². The van der Waals surface area contributed by atoms with E-state index in [2.05, 4.69) is 5.10 Å². The van der Waals surface area contributed by atoms with Crippen LogP contribution in [0.3, 0.4) is 0 Å². The predicted molar refractivity (Wildman–Crippen MR) is 56.5 cm³/mol. The van der Waals surface area contributed by atoms with Gasteiger partial charge in [0.1, 0.15) is 0 Å². The number of rotatable bonds is 1. The number of anilines is 1. The lowest BCUT2D eigenvalue weighted by Crippen LogP contribution is -2.21. The minimum atomic E-state index is 0.768. The lowest BCUT2D eigenvalue weighted by Gasteiger charge is -2.21. The van der Waals surface area contributed by atoms with Crippen LogP contribution in [0, 0.1) is 0 Å². The Labute approximate surface area is 82.8 Å². The zero-order valence-electron chi connectivity index (χ0n) is 7.28. The third-order valence-corrected chi connectivity index (χ3v) is 2.30. The molecule has 0 saturated carbocycles. The van der Waals surface area contributed by atoms with Crippen molar-refractivity contribution in [3.8, 4) is 0 Å². The van der Waals surface area contributed by atoms with Crippen LogP contribution in [0.15, 0.2) is 29.4 Å². The van der Waals surface area contributed by atoms with Gasteiger partial charge in [0.05, 0.1) is 5.69 Å². The molecule has 2 rings (SSSR count). The zero-order chi connectivity index (χ0) is 9.10. The Kier molecular flexibility index (Phi) is 2.50. The average molecular weight is 195 g/mol. The van der Waals surface area contributed by atoms with E-state index in [0.29, 0.717) is 0 Å². The quantitative estimate of drug-likeness (QED) is 0.671. The summed E-state index contributed by atoms with van der Waals surface area (Å²) in [5.41, 5.74) is 1.11. The summed E-state index contributed by atoms with van der Waals surface area (Å²) >= 11 is 5.79. The lowest BCUT2D eigenvalue weighted by atomic mass is 10.2. The van der Waals surface area contributed by atoms with Crippen molar-refractivity contribution in [1.82, 2.24) is 0 Å². The van der Waals surface area contributed by atoms with E-state index in [-0.39, 0.29) is 0 Å². The first kappa shape index (κ1) is 8.57. The molecule has 0 saturated heterocycles. The van der Waals surface area contributed by atoms with E-state index < -0.39 is 0 Å². The van der Waals surface area contributed by atoms with Crippen LogP contribution in [0.1, 0.15) is 12.8 Å². The second kappa shape index (κ2) is 3.79. The largest absolute Gasteiger partial charge is 0.266 e. The molecule has 13 heavy (non-hydrogen) atoms. The Morgan fingerprint density at radius 3 is 2.62 bits per heavy atom. The second-order valence-corrected chi connectivity index (χ2v) is 3.48. The molecule has 0 aliphatic carbocycles. The maximum Gasteiger partial charge on any atom is 0.0594 e. The fourth-order valence-electron chi connectivity index (χ4n) is 1.36. The first-order chi connectivity index (χ1) is 6.36. The second-order valence-electron chi connectivity index (χ2n) is 3.04. The van der Waals surface area contributed by atoms with Crippen LogP contribution in [-0.2, 0) is 0 Å². The van der Waals surface area contributed by atoms with Crippen molar-refractivity contribution in [2.24, 2.45) is 5.10 Å². The molecule has 0 radical (unpaired) electrons. The normalized spacial score (nSPS) is 16.2. The molecule has 1 aromatic carbocycles. The third kappa shape index (κ3) is 2.01. The maximum atomic E-state index is 5.79. The molecule has 0 N–H and O–H groups in total. The fraction of sp³-hybridized carbons (Fsp3) is 0.300. The molecular weight excluding hydrogens is 184 g/mol. The summed E-state index contributed by atoms with van der Waals surface area (Å²) in [4.78, 5) is 0. The Morgan fingerprint density at radius 2 is 2.00 bits per heavy atom. The molecule has 0 atom stereocenters. The van der Waals surface area contributed by atoms with Crippen LogP contribution in [0.5, 0.6) is 0 Å². The van der Waals surface area contributed by atoms with Gasteiger partial charge in [-0.2, -0.15) is 5.10 Å². The molecule has 0 aromatic heterocycles. The summed E-state index contributed by atoms with van der Waals surface area (Å²) in [5, 5.41) is 7.06. The molecule has 0 fully saturated rings. The molecule has 0 bridgehead atoms. The Morgan fingerprint density at radius 1 is 1.23 bits per heavy atom. The molecule has 1 aliphatic heterocycles. The maximum absolute atomic E-state index is 5.79. The van der Waals surface area contributed by atoms with Crippen molar-refractivity contribution in [2.45, 2.75) is 12.8 Å². The van der Waals surface area contributed by atoms with Crippen molar-refractivity contribution in [2.75, 3.05) is 11.6 Å². The molecule has 1 heterocycles. The van der Waals surface area contributed by atoms with E-state index in [1.165, 1.54) is 6.42 Å². The summed E-state index contributed by atoms with van der Waals surface area (Å²) in [6.07, 6.45) is 4.22. The molecule has 0 spiro atoms. The number of hydrogen-bond acceptors (Lipinski definition) is 2. The van der Waals surface area contributed by atoms with Crippen molar-refractivity contribution in [1.29, 1.82) is 0 Å². The summed E-state index contributed by atoms with van der Waals surface area (Å²) in [5.74, 6) is 0. The molecule has 1 aromatic rings. The van der Waals surface area contributed by atoms with Crippen molar-refractivity contribution < 1.29 is 0 Å². The van der Waals surface area contributed by atoms with Crippen LogP contribution in [0.4, 0.5) is 5.69 Å². The number of benzene rings is 1. The first-order valence-electron chi connectivity index (χ1n) is 4.42. The van der Waals surface area contributed by atoms with E-state index in [1.807, 2.05) is 35.5 Å². The molecule has 68 valence electrons. The van der Waals surface area contributed by atoms with Gasteiger partial charge in [-0.25, -0.2) is 0 Å². The van der Waals surface area contributed by atoms with Gasteiger partial charge >= 0.3 is 0 Å². The summed E-state index contributed by atoms with van der Waals surface area (Å²) in [7, 11) is 0. The van der Waals surface area contributed by atoms with E-state index in [0.717, 1.165) is 23.7 Å². The van der Waals surface area contributed by atoms with Gasteiger partial charge in [-0.3, -0.25) is 5.01 Å². The number of nitrogens with zero attached hydrogens (tertiary/aromatic N) is 2. The third-order valence-electron chi connectivity index (χ3n) is 2.05. The van der Waals surface area contributed by atoms with Gasteiger partial charge in [-0.15, -0.1) is 0 Å². The fourth-order valence-corrected chi connectivity index (χ4v) is 1.48. The van der Waals surface area contributed by atoms with Crippen molar-refractivity contribution in [3.05, 3.63) is 29.3 Å². The molecule has 2 nitrogen and oxygen atoms in total. The smallest absolute Gasteiger partial charge is 0.0594 e. The molecule has 0 amide bonds. The van der Waals surface area contributed by atoms with Gasteiger partial charge < -0.3 is 0 Å². The van der Waals surface area contributed by atoms with Crippen LogP contribution in [-0.4, -0.2) is 12.8 Å². The number of hydrogen-bond donors (Lipinski definition) is 0. The van der Waals surface area contributed by atoms with E-state index in [1.54, 1.807) is 0 Å². The van der Waals surface area contributed by atoms with Crippen molar-refractivity contribution in [3.63, 3.8) is 0 Å². The number of halogens is 1. The first-order valence-corrected chi connectivity index (χ1v) is 4.79. The standard InChI is InChI=1S/C10H11ClN2/c11-9-3-5-10(6-4-9)13-8-2-1-7-12-13/h3-7H,1-2,8H2. The monoisotopic (exact) mass is 194 g/mol. The van der Waals surface area contributed by atoms with Gasteiger partial charge in [0.15, 0.2) is 0 Å². The van der Waals surface area contributed by atoms with Crippen molar-refractivity contribution >= 4 is 23.5 Å². The summed E-state index contributed by atoms with van der Waals surface area (Å²) in [6.45, 7) is 0.998. The highest BCUT2D eigenvalue weighted by Gasteiger charge is 2.06. The van der Waals surface area contributed by atoms with Gasteiger partial charge in [-0.1, -0.05) is 11.6 Å². The topological polar surface area (TPSA) is 15.6 Å². The molecular formula is C10H11ClN2. The average Bonchev–Trinajstić information content (AvgIpc) is 2.20.